The molecular formula is C11H24N2O3S. The predicted octanol–water partition coefficient (Wildman–Crippen LogP) is 0.445. The molecule has 0 rings (SSSR count). The monoisotopic (exact) mass is 264 g/mol. The van der Waals surface area contributed by atoms with E-state index in [2.05, 4.69) is 5.32 Å². The van der Waals surface area contributed by atoms with E-state index in [-0.39, 0.29) is 5.75 Å². The fourth-order valence-electron chi connectivity index (χ4n) is 1.41. The minimum Gasteiger partial charge on any atom is -0.353 e. The van der Waals surface area contributed by atoms with E-state index in [1.54, 1.807) is 6.92 Å². The molecular weight excluding hydrogens is 240 g/mol. The third-order valence-electron chi connectivity index (χ3n) is 2.91. The number of carbonyl (C=O) groups excluding carboxylic acids is 1. The summed E-state index contributed by atoms with van der Waals surface area (Å²) in [7, 11) is -3.26. The molecule has 17 heavy (non-hydrogen) atoms. The number of rotatable bonds is 8. The molecule has 0 aromatic heterocycles. The van der Waals surface area contributed by atoms with Crippen molar-refractivity contribution in [3.8, 4) is 0 Å². The predicted molar refractivity (Wildman–Crippen MR) is 69.5 cm³/mol. The number of sulfone groups is 1. The van der Waals surface area contributed by atoms with Gasteiger partial charge in [0.15, 0.2) is 9.84 Å². The van der Waals surface area contributed by atoms with Gasteiger partial charge in [-0.3, -0.25) is 4.79 Å². The standard InChI is InChI=1S/C11H24N2O3S/c1-4-7-17(15,16)8-10(14)13-9-11(12,5-2)6-3/h4-9,12H2,1-3H3,(H,13,14). The van der Waals surface area contributed by atoms with Gasteiger partial charge in [-0.05, 0) is 19.3 Å². The first-order chi connectivity index (χ1) is 7.78. The molecule has 0 saturated carbocycles. The van der Waals surface area contributed by atoms with E-state index < -0.39 is 27.0 Å². The van der Waals surface area contributed by atoms with Crippen molar-refractivity contribution in [2.45, 2.75) is 45.6 Å². The second-order valence-corrected chi connectivity index (χ2v) is 6.62. The van der Waals surface area contributed by atoms with E-state index in [1.165, 1.54) is 0 Å². The van der Waals surface area contributed by atoms with Crippen LogP contribution < -0.4 is 11.1 Å². The molecule has 0 bridgehead atoms. The van der Waals surface area contributed by atoms with Crippen LogP contribution in [-0.4, -0.2) is 37.9 Å². The number of amides is 1. The number of nitrogens with one attached hydrogen (secondary N) is 1. The van der Waals surface area contributed by atoms with E-state index in [9.17, 15) is 13.2 Å². The van der Waals surface area contributed by atoms with Crippen molar-refractivity contribution in [1.29, 1.82) is 0 Å². The average Bonchev–Trinajstić information content (AvgIpc) is 2.25. The Labute approximate surface area is 104 Å². The zero-order chi connectivity index (χ0) is 13.5. The van der Waals surface area contributed by atoms with Crippen molar-refractivity contribution in [3.05, 3.63) is 0 Å². The van der Waals surface area contributed by atoms with Crippen molar-refractivity contribution in [2.24, 2.45) is 5.73 Å². The van der Waals surface area contributed by atoms with E-state index in [4.69, 9.17) is 5.73 Å². The van der Waals surface area contributed by atoms with Crippen LogP contribution >= 0.6 is 0 Å². The maximum atomic E-state index is 11.5. The Bertz CT molecular complexity index is 335. The molecule has 0 atom stereocenters. The smallest absolute Gasteiger partial charge is 0.235 e. The first kappa shape index (κ1) is 16.4. The van der Waals surface area contributed by atoms with Crippen molar-refractivity contribution in [2.75, 3.05) is 18.1 Å². The zero-order valence-electron chi connectivity index (χ0n) is 11.0. The molecule has 0 aliphatic carbocycles. The van der Waals surface area contributed by atoms with Crippen LogP contribution in [0.25, 0.3) is 0 Å². The lowest BCUT2D eigenvalue weighted by atomic mass is 9.94. The summed E-state index contributed by atoms with van der Waals surface area (Å²) in [6.07, 6.45) is 2.01. The molecule has 3 N–H and O–H groups in total. The summed E-state index contributed by atoms with van der Waals surface area (Å²) < 4.78 is 22.8. The van der Waals surface area contributed by atoms with Crippen molar-refractivity contribution < 1.29 is 13.2 Å². The molecule has 0 heterocycles. The van der Waals surface area contributed by atoms with Gasteiger partial charge in [-0.15, -0.1) is 0 Å². The van der Waals surface area contributed by atoms with Crippen LogP contribution in [0.4, 0.5) is 0 Å². The Balaban J connectivity index is 4.21. The van der Waals surface area contributed by atoms with E-state index >= 15 is 0 Å². The maximum absolute atomic E-state index is 11.5. The van der Waals surface area contributed by atoms with Crippen LogP contribution in [0.15, 0.2) is 0 Å². The van der Waals surface area contributed by atoms with Gasteiger partial charge in [-0.25, -0.2) is 8.42 Å². The van der Waals surface area contributed by atoms with Gasteiger partial charge in [-0.2, -0.15) is 0 Å². The first-order valence-corrected chi connectivity index (χ1v) is 7.86. The van der Waals surface area contributed by atoms with Crippen molar-refractivity contribution in [1.82, 2.24) is 5.32 Å². The van der Waals surface area contributed by atoms with E-state index in [0.29, 0.717) is 13.0 Å². The molecule has 0 radical (unpaired) electrons. The zero-order valence-corrected chi connectivity index (χ0v) is 11.8. The summed E-state index contributed by atoms with van der Waals surface area (Å²) in [5.41, 5.74) is 5.56. The third kappa shape index (κ3) is 6.63. The Morgan fingerprint density at radius 1 is 1.24 bits per heavy atom. The average molecular weight is 264 g/mol. The SMILES string of the molecule is CCCS(=O)(=O)CC(=O)NCC(N)(CC)CC. The van der Waals surface area contributed by atoms with E-state index in [0.717, 1.165) is 12.8 Å². The highest BCUT2D eigenvalue weighted by molar-refractivity contribution is 7.92. The lowest BCUT2D eigenvalue weighted by Gasteiger charge is -2.26. The van der Waals surface area contributed by atoms with Crippen LogP contribution in [0.1, 0.15) is 40.0 Å². The fraction of sp³-hybridized carbons (Fsp3) is 0.909. The Hall–Kier alpha value is -0.620. The summed E-state index contributed by atoms with van der Waals surface area (Å²) in [5, 5.41) is 2.60. The highest BCUT2D eigenvalue weighted by Gasteiger charge is 2.22. The van der Waals surface area contributed by atoms with E-state index in [1.807, 2.05) is 13.8 Å². The number of hydrogen-bond donors (Lipinski definition) is 2. The summed E-state index contributed by atoms with van der Waals surface area (Å²) >= 11 is 0. The Morgan fingerprint density at radius 2 is 1.76 bits per heavy atom. The highest BCUT2D eigenvalue weighted by Crippen LogP contribution is 2.09. The first-order valence-electron chi connectivity index (χ1n) is 6.04. The van der Waals surface area contributed by atoms with Crippen molar-refractivity contribution in [3.63, 3.8) is 0 Å². The summed E-state index contributed by atoms with van der Waals surface area (Å²) in [4.78, 5) is 11.5. The van der Waals surface area contributed by atoms with Crippen LogP contribution in [0, 0.1) is 0 Å². The number of hydrogen-bond acceptors (Lipinski definition) is 4. The molecule has 0 saturated heterocycles. The second-order valence-electron chi connectivity index (χ2n) is 4.44. The van der Waals surface area contributed by atoms with Gasteiger partial charge in [0.1, 0.15) is 5.75 Å². The van der Waals surface area contributed by atoms with Gasteiger partial charge in [0, 0.05) is 12.1 Å². The molecule has 6 heteroatoms. The minimum absolute atomic E-state index is 0.0513. The van der Waals surface area contributed by atoms with Gasteiger partial charge in [-0.1, -0.05) is 20.8 Å². The van der Waals surface area contributed by atoms with Gasteiger partial charge in [0.05, 0.1) is 5.75 Å². The largest absolute Gasteiger partial charge is 0.353 e. The molecule has 5 nitrogen and oxygen atoms in total. The number of nitrogens with two attached hydrogens (primary N) is 1. The summed E-state index contributed by atoms with van der Waals surface area (Å²) in [6, 6.07) is 0. The van der Waals surface area contributed by atoms with Crippen LogP contribution in [-0.2, 0) is 14.6 Å². The highest BCUT2D eigenvalue weighted by atomic mass is 32.2. The number of carbonyl (C=O) groups is 1. The van der Waals surface area contributed by atoms with Crippen LogP contribution in [0.5, 0.6) is 0 Å². The quantitative estimate of drug-likeness (QED) is 0.666. The van der Waals surface area contributed by atoms with Crippen LogP contribution in [0.2, 0.25) is 0 Å². The molecule has 0 aliphatic heterocycles. The third-order valence-corrected chi connectivity index (χ3v) is 4.64. The molecule has 0 spiro atoms. The molecule has 0 aromatic carbocycles. The molecule has 0 unspecified atom stereocenters. The van der Waals surface area contributed by atoms with Gasteiger partial charge >= 0.3 is 0 Å². The molecule has 0 aromatic rings. The molecule has 0 fully saturated rings. The minimum atomic E-state index is -3.26. The topological polar surface area (TPSA) is 89.3 Å². The Kier molecular flexibility index (Phi) is 6.70. The van der Waals surface area contributed by atoms with Gasteiger partial charge in [0.25, 0.3) is 0 Å². The molecule has 0 aliphatic rings. The Morgan fingerprint density at radius 3 is 2.18 bits per heavy atom. The summed E-state index contributed by atoms with van der Waals surface area (Å²) in [6.45, 7) is 5.99. The molecule has 102 valence electrons. The van der Waals surface area contributed by atoms with Gasteiger partial charge in [0.2, 0.25) is 5.91 Å². The second kappa shape index (κ2) is 6.96. The normalized spacial score (nSPS) is 12.5. The summed E-state index contributed by atoms with van der Waals surface area (Å²) in [5.74, 6) is -0.852. The van der Waals surface area contributed by atoms with Crippen molar-refractivity contribution >= 4 is 15.7 Å². The van der Waals surface area contributed by atoms with Crippen LogP contribution in [0.3, 0.4) is 0 Å². The van der Waals surface area contributed by atoms with Gasteiger partial charge < -0.3 is 11.1 Å². The lowest BCUT2D eigenvalue weighted by molar-refractivity contribution is -0.118. The fourth-order valence-corrected chi connectivity index (χ4v) is 2.68. The lowest BCUT2D eigenvalue weighted by Crippen LogP contribution is -2.50. The molecule has 1 amide bonds. The maximum Gasteiger partial charge on any atom is 0.235 e.